The summed E-state index contributed by atoms with van der Waals surface area (Å²) in [6, 6.07) is 0. The molecule has 82 valence electrons. The van der Waals surface area contributed by atoms with Gasteiger partial charge in [-0.25, -0.2) is 8.42 Å². The lowest BCUT2D eigenvalue weighted by molar-refractivity contribution is 0.225. The highest BCUT2D eigenvalue weighted by atomic mass is 32.2. The number of sulfonamides is 1. The Morgan fingerprint density at radius 1 is 1.29 bits per heavy atom. The zero-order valence-corrected chi connectivity index (χ0v) is 9.90. The first-order valence-corrected chi connectivity index (χ1v) is 6.49. The van der Waals surface area contributed by atoms with E-state index in [0.717, 1.165) is 0 Å². The second kappa shape index (κ2) is 4.41. The molecule has 0 bridgehead atoms. The molecular weight excluding hydrogens is 224 g/mol. The van der Waals surface area contributed by atoms with E-state index >= 15 is 0 Å². The summed E-state index contributed by atoms with van der Waals surface area (Å²) < 4.78 is 28.7. The predicted octanol–water partition coefficient (Wildman–Crippen LogP) is -0.505. The molecule has 0 aromatic carbocycles. The summed E-state index contributed by atoms with van der Waals surface area (Å²) in [6.07, 6.45) is 1.22. The minimum absolute atomic E-state index is 0.429. The normalized spacial score (nSPS) is 19.4. The second-order valence-corrected chi connectivity index (χ2v) is 5.45. The summed E-state index contributed by atoms with van der Waals surface area (Å²) >= 11 is 4.94. The lowest BCUT2D eigenvalue weighted by Gasteiger charge is -2.33. The minimum atomic E-state index is -3.06. The molecule has 0 amide bonds. The highest BCUT2D eigenvalue weighted by molar-refractivity contribution is 7.88. The Balaban J connectivity index is 2.51. The highest BCUT2D eigenvalue weighted by Gasteiger charge is 2.24. The molecular formula is C7H14N2O3S2. The number of nitrogens with zero attached hydrogens (tertiary/aromatic N) is 2. The quantitative estimate of drug-likeness (QED) is 0.576. The molecule has 0 spiro atoms. The second-order valence-electron chi connectivity index (χ2n) is 3.12. The Morgan fingerprint density at radius 2 is 1.79 bits per heavy atom. The molecule has 1 aliphatic heterocycles. The van der Waals surface area contributed by atoms with E-state index in [1.165, 1.54) is 17.7 Å². The molecule has 1 saturated heterocycles. The number of hydrogen-bond donors (Lipinski definition) is 0. The molecule has 1 fully saturated rings. The van der Waals surface area contributed by atoms with Crippen LogP contribution in [0.15, 0.2) is 0 Å². The summed E-state index contributed by atoms with van der Waals surface area (Å²) in [4.78, 5) is 1.86. The summed E-state index contributed by atoms with van der Waals surface area (Å²) in [5.74, 6) is 0. The van der Waals surface area contributed by atoms with Crippen molar-refractivity contribution in [1.82, 2.24) is 9.21 Å². The van der Waals surface area contributed by atoms with Crippen molar-refractivity contribution >= 4 is 27.4 Å². The Kier molecular flexibility index (Phi) is 3.68. The van der Waals surface area contributed by atoms with E-state index in [-0.39, 0.29) is 0 Å². The molecule has 7 heteroatoms. The fourth-order valence-corrected chi connectivity index (χ4v) is 2.34. The van der Waals surface area contributed by atoms with Gasteiger partial charge in [-0.3, -0.25) is 0 Å². The van der Waals surface area contributed by atoms with Crippen molar-refractivity contribution in [2.75, 3.05) is 39.5 Å². The van der Waals surface area contributed by atoms with Crippen molar-refractivity contribution in [2.45, 2.75) is 0 Å². The monoisotopic (exact) mass is 238 g/mol. The zero-order valence-electron chi connectivity index (χ0n) is 8.26. The zero-order chi connectivity index (χ0) is 10.8. The van der Waals surface area contributed by atoms with Crippen LogP contribution in [0.5, 0.6) is 0 Å². The van der Waals surface area contributed by atoms with Crippen molar-refractivity contribution in [1.29, 1.82) is 0 Å². The van der Waals surface area contributed by atoms with E-state index in [1.807, 2.05) is 4.90 Å². The maximum absolute atomic E-state index is 11.2. The molecule has 0 unspecified atom stereocenters. The number of piperazine rings is 1. The van der Waals surface area contributed by atoms with Crippen LogP contribution in [0.2, 0.25) is 0 Å². The minimum Gasteiger partial charge on any atom is -0.474 e. The molecule has 0 N–H and O–H groups in total. The number of thiocarbonyl (C=S) groups is 1. The molecule has 0 aromatic rings. The fraction of sp³-hybridized carbons (Fsp3) is 0.857. The van der Waals surface area contributed by atoms with Crippen LogP contribution in [0, 0.1) is 0 Å². The Morgan fingerprint density at radius 3 is 2.14 bits per heavy atom. The molecule has 0 saturated carbocycles. The molecule has 0 aromatic heterocycles. The van der Waals surface area contributed by atoms with Gasteiger partial charge in [-0.2, -0.15) is 4.31 Å². The standard InChI is InChI=1S/C7H14N2O3S2/c1-12-7(13)8-3-5-9(6-4-8)14(2,10)11/h3-6H2,1-2H3. The molecule has 1 rings (SSSR count). The maximum Gasteiger partial charge on any atom is 0.259 e. The van der Waals surface area contributed by atoms with Crippen molar-refractivity contribution in [3.05, 3.63) is 0 Å². The van der Waals surface area contributed by atoms with Crippen LogP contribution in [0.3, 0.4) is 0 Å². The third-order valence-electron chi connectivity index (χ3n) is 2.14. The maximum atomic E-state index is 11.2. The Bertz CT molecular complexity index is 307. The SMILES string of the molecule is COC(=S)N1CCN(S(C)(=O)=O)CC1. The molecule has 14 heavy (non-hydrogen) atoms. The van der Waals surface area contributed by atoms with Crippen molar-refractivity contribution in [3.63, 3.8) is 0 Å². The van der Waals surface area contributed by atoms with Crippen molar-refractivity contribution < 1.29 is 13.2 Å². The molecule has 0 aliphatic carbocycles. The topological polar surface area (TPSA) is 49.9 Å². The van der Waals surface area contributed by atoms with Crippen LogP contribution in [-0.2, 0) is 14.8 Å². The lowest BCUT2D eigenvalue weighted by atomic mass is 10.4. The van der Waals surface area contributed by atoms with E-state index in [9.17, 15) is 8.42 Å². The van der Waals surface area contributed by atoms with Crippen LogP contribution >= 0.6 is 12.2 Å². The van der Waals surface area contributed by atoms with Gasteiger partial charge in [0.1, 0.15) is 0 Å². The summed E-state index contributed by atoms with van der Waals surface area (Å²) in [5.41, 5.74) is 0. The summed E-state index contributed by atoms with van der Waals surface area (Å²) in [5, 5.41) is 0.429. The van der Waals surface area contributed by atoms with Crippen LogP contribution in [0.4, 0.5) is 0 Å². The fourth-order valence-electron chi connectivity index (χ4n) is 1.33. The van der Waals surface area contributed by atoms with E-state index in [4.69, 9.17) is 17.0 Å². The van der Waals surface area contributed by atoms with E-state index in [0.29, 0.717) is 31.4 Å². The third kappa shape index (κ3) is 2.79. The Hall–Kier alpha value is -0.400. The van der Waals surface area contributed by atoms with E-state index in [2.05, 4.69) is 0 Å². The van der Waals surface area contributed by atoms with Gasteiger partial charge < -0.3 is 9.64 Å². The van der Waals surface area contributed by atoms with Gasteiger partial charge >= 0.3 is 0 Å². The predicted molar refractivity (Wildman–Crippen MR) is 57.6 cm³/mol. The van der Waals surface area contributed by atoms with Crippen LogP contribution < -0.4 is 0 Å². The number of ether oxygens (including phenoxy) is 1. The summed E-state index contributed by atoms with van der Waals surface area (Å²) in [6.45, 7) is 2.14. The van der Waals surface area contributed by atoms with Crippen LogP contribution in [-0.4, -0.2) is 62.3 Å². The first kappa shape index (κ1) is 11.7. The van der Waals surface area contributed by atoms with E-state index < -0.39 is 10.0 Å². The van der Waals surface area contributed by atoms with Crippen molar-refractivity contribution in [2.24, 2.45) is 0 Å². The molecule has 1 aliphatic rings. The van der Waals surface area contributed by atoms with Crippen LogP contribution in [0.1, 0.15) is 0 Å². The smallest absolute Gasteiger partial charge is 0.259 e. The van der Waals surface area contributed by atoms with Gasteiger partial charge in [-0.1, -0.05) is 0 Å². The average molecular weight is 238 g/mol. The lowest BCUT2D eigenvalue weighted by Crippen LogP contribution is -2.50. The number of rotatable bonds is 1. The largest absolute Gasteiger partial charge is 0.474 e. The van der Waals surface area contributed by atoms with E-state index in [1.54, 1.807) is 0 Å². The number of methoxy groups -OCH3 is 1. The van der Waals surface area contributed by atoms with Crippen molar-refractivity contribution in [3.8, 4) is 0 Å². The van der Waals surface area contributed by atoms with Gasteiger partial charge in [0.05, 0.1) is 13.4 Å². The molecule has 0 radical (unpaired) electrons. The number of hydrogen-bond acceptors (Lipinski definition) is 4. The third-order valence-corrected chi connectivity index (χ3v) is 3.87. The summed E-state index contributed by atoms with van der Waals surface area (Å²) in [7, 11) is -1.54. The molecule has 0 atom stereocenters. The van der Waals surface area contributed by atoms with Gasteiger partial charge in [0, 0.05) is 26.2 Å². The van der Waals surface area contributed by atoms with Gasteiger partial charge in [-0.15, -0.1) is 0 Å². The van der Waals surface area contributed by atoms with Gasteiger partial charge in [0.25, 0.3) is 5.17 Å². The van der Waals surface area contributed by atoms with Gasteiger partial charge in [0.2, 0.25) is 10.0 Å². The first-order chi connectivity index (χ1) is 6.45. The van der Waals surface area contributed by atoms with Gasteiger partial charge in [-0.05, 0) is 12.2 Å². The van der Waals surface area contributed by atoms with Gasteiger partial charge in [0.15, 0.2) is 0 Å². The first-order valence-electron chi connectivity index (χ1n) is 4.23. The highest BCUT2D eigenvalue weighted by Crippen LogP contribution is 2.06. The Labute approximate surface area is 89.7 Å². The average Bonchev–Trinajstić information content (AvgIpc) is 2.15. The molecule has 1 heterocycles. The molecule has 5 nitrogen and oxygen atoms in total. The van der Waals surface area contributed by atoms with Crippen LogP contribution in [0.25, 0.3) is 0 Å².